The van der Waals surface area contributed by atoms with Crippen LogP contribution in [0.3, 0.4) is 0 Å². The van der Waals surface area contributed by atoms with Crippen LogP contribution in [0, 0.1) is 0 Å². The Morgan fingerprint density at radius 3 is 2.95 bits per heavy atom. The molecule has 0 aliphatic heterocycles. The fourth-order valence-corrected chi connectivity index (χ4v) is 1.24. The quantitative estimate of drug-likeness (QED) is 0.377. The Hall–Kier alpha value is -2.38. The maximum absolute atomic E-state index is 12.7. The Balaban J connectivity index is 2.64. The number of aromatic nitrogens is 1. The molecule has 0 bridgehead atoms. The Morgan fingerprint density at radius 1 is 1.55 bits per heavy atom. The van der Waals surface area contributed by atoms with Crippen molar-refractivity contribution in [3.63, 3.8) is 0 Å². The van der Waals surface area contributed by atoms with Gasteiger partial charge in [-0.2, -0.15) is 13.2 Å². The smallest absolute Gasteiger partial charge is 0.392 e. The number of oxime groups is 1. The lowest BCUT2D eigenvalue weighted by molar-refractivity contribution is -0.138. The van der Waals surface area contributed by atoms with Crippen molar-refractivity contribution in [3.8, 4) is 0 Å². The summed E-state index contributed by atoms with van der Waals surface area (Å²) in [6, 6.07) is 0.746. The minimum Gasteiger partial charge on any atom is -0.392 e. The number of nitrogens with zero attached hydrogens (tertiary/aromatic N) is 2. The minimum absolute atomic E-state index is 0.0673. The monoisotopic (exact) mass is 287 g/mol. The van der Waals surface area contributed by atoms with E-state index in [-0.39, 0.29) is 13.2 Å². The van der Waals surface area contributed by atoms with Gasteiger partial charge < -0.3 is 10.2 Å². The topological polar surface area (TPSA) is 63.6 Å². The molecule has 1 amide bonds. The van der Waals surface area contributed by atoms with Crippen molar-refractivity contribution in [2.24, 2.45) is 5.16 Å². The molecule has 0 aliphatic rings. The molecule has 0 radical (unpaired) electrons. The maximum atomic E-state index is 12.7. The molecule has 0 aromatic carbocycles. The molecule has 1 N–H and O–H groups in total. The van der Waals surface area contributed by atoms with E-state index in [1.165, 1.54) is 12.3 Å². The molecule has 108 valence electrons. The predicted molar refractivity (Wildman–Crippen MR) is 66.2 cm³/mol. The first kappa shape index (κ1) is 15.7. The van der Waals surface area contributed by atoms with E-state index in [9.17, 15) is 18.0 Å². The van der Waals surface area contributed by atoms with Crippen LogP contribution in [0.1, 0.15) is 15.9 Å². The van der Waals surface area contributed by atoms with Crippen LogP contribution in [0.2, 0.25) is 0 Å². The average molecular weight is 287 g/mol. The number of halogens is 3. The molecule has 8 heteroatoms. The number of rotatable bonds is 6. The van der Waals surface area contributed by atoms with Gasteiger partial charge >= 0.3 is 6.18 Å². The number of carbonyl (C=O) groups excluding carboxylic acids is 1. The summed E-state index contributed by atoms with van der Waals surface area (Å²) in [5.74, 6) is -0.888. The third-order valence-electron chi connectivity index (χ3n) is 2.07. The zero-order valence-corrected chi connectivity index (χ0v) is 10.4. The molecule has 0 saturated heterocycles. The first-order valence-electron chi connectivity index (χ1n) is 5.51. The standard InChI is InChI=1S/C12H12F3N3O2/c1-2-7-20-18-6-5-17-11(19)9-8-16-4-3-10(9)12(13,14)15/h2-4,6,8H,1,5,7H2,(H,17,19). The minimum atomic E-state index is -4.61. The van der Waals surface area contributed by atoms with Gasteiger partial charge in [0, 0.05) is 12.4 Å². The van der Waals surface area contributed by atoms with Crippen molar-refractivity contribution in [1.29, 1.82) is 0 Å². The van der Waals surface area contributed by atoms with Crippen LogP contribution >= 0.6 is 0 Å². The van der Waals surface area contributed by atoms with Gasteiger partial charge in [-0.05, 0) is 6.07 Å². The highest BCUT2D eigenvalue weighted by atomic mass is 19.4. The van der Waals surface area contributed by atoms with Crippen LogP contribution in [-0.2, 0) is 11.0 Å². The molecular weight excluding hydrogens is 275 g/mol. The van der Waals surface area contributed by atoms with E-state index < -0.39 is 23.2 Å². The first-order chi connectivity index (χ1) is 9.46. The van der Waals surface area contributed by atoms with E-state index in [2.05, 4.69) is 26.9 Å². The fraction of sp³-hybridized carbons (Fsp3) is 0.250. The third-order valence-corrected chi connectivity index (χ3v) is 2.07. The zero-order chi connectivity index (χ0) is 15.0. The normalized spacial score (nSPS) is 11.3. The molecule has 0 saturated carbocycles. The van der Waals surface area contributed by atoms with Crippen LogP contribution in [0.25, 0.3) is 0 Å². The van der Waals surface area contributed by atoms with Crippen molar-refractivity contribution >= 4 is 12.1 Å². The van der Waals surface area contributed by atoms with Gasteiger partial charge in [0.15, 0.2) is 0 Å². The summed E-state index contributed by atoms with van der Waals surface area (Å²) in [5, 5.41) is 5.70. The number of amides is 1. The summed E-state index contributed by atoms with van der Waals surface area (Å²) in [6.45, 7) is 3.53. The highest BCUT2D eigenvalue weighted by molar-refractivity contribution is 5.96. The van der Waals surface area contributed by atoms with Gasteiger partial charge in [-0.3, -0.25) is 9.78 Å². The fourth-order valence-electron chi connectivity index (χ4n) is 1.24. The van der Waals surface area contributed by atoms with E-state index in [0.717, 1.165) is 18.5 Å². The number of hydrogen-bond acceptors (Lipinski definition) is 4. The van der Waals surface area contributed by atoms with Gasteiger partial charge in [-0.1, -0.05) is 17.8 Å². The van der Waals surface area contributed by atoms with Crippen LogP contribution < -0.4 is 5.32 Å². The van der Waals surface area contributed by atoms with Crippen LogP contribution in [0.5, 0.6) is 0 Å². The predicted octanol–water partition coefficient (Wildman–Crippen LogP) is 2.02. The second-order valence-corrected chi connectivity index (χ2v) is 3.50. The summed E-state index contributed by atoms with van der Waals surface area (Å²) in [4.78, 5) is 19.8. The molecule has 1 aromatic heterocycles. The van der Waals surface area contributed by atoms with E-state index >= 15 is 0 Å². The molecule has 0 spiro atoms. The van der Waals surface area contributed by atoms with E-state index in [1.54, 1.807) is 0 Å². The van der Waals surface area contributed by atoms with Gasteiger partial charge in [-0.25, -0.2) is 0 Å². The Kier molecular flexibility index (Phi) is 5.70. The van der Waals surface area contributed by atoms with Gasteiger partial charge in [-0.15, -0.1) is 0 Å². The zero-order valence-electron chi connectivity index (χ0n) is 10.4. The number of hydrogen-bond donors (Lipinski definition) is 1. The molecule has 1 rings (SSSR count). The Labute approximate surface area is 113 Å². The lowest BCUT2D eigenvalue weighted by Crippen LogP contribution is -2.28. The van der Waals surface area contributed by atoms with Gasteiger partial charge in [0.2, 0.25) is 0 Å². The van der Waals surface area contributed by atoms with Crippen molar-refractivity contribution in [2.75, 3.05) is 13.2 Å². The van der Waals surface area contributed by atoms with Crippen molar-refractivity contribution in [2.45, 2.75) is 6.18 Å². The van der Waals surface area contributed by atoms with Gasteiger partial charge in [0.1, 0.15) is 6.61 Å². The number of pyridine rings is 1. The number of carbonyl (C=O) groups is 1. The number of alkyl halides is 3. The highest BCUT2D eigenvalue weighted by Crippen LogP contribution is 2.31. The molecule has 1 heterocycles. The van der Waals surface area contributed by atoms with Crippen molar-refractivity contribution in [3.05, 3.63) is 42.2 Å². The number of nitrogens with one attached hydrogen (secondary N) is 1. The SMILES string of the molecule is C=CCON=CCNC(=O)c1cnccc1C(F)(F)F. The summed E-state index contributed by atoms with van der Waals surface area (Å²) >= 11 is 0. The molecule has 5 nitrogen and oxygen atoms in total. The Bertz CT molecular complexity index is 501. The van der Waals surface area contributed by atoms with E-state index in [4.69, 9.17) is 0 Å². The summed E-state index contributed by atoms with van der Waals surface area (Å²) in [6.07, 6.45) is -0.0866. The molecule has 0 unspecified atom stereocenters. The molecule has 0 atom stereocenters. The summed E-state index contributed by atoms with van der Waals surface area (Å²) < 4.78 is 38.0. The molecular formula is C12H12F3N3O2. The second kappa shape index (κ2) is 7.27. The molecule has 0 aliphatic carbocycles. The van der Waals surface area contributed by atoms with E-state index in [1.807, 2.05) is 0 Å². The largest absolute Gasteiger partial charge is 0.417 e. The second-order valence-electron chi connectivity index (χ2n) is 3.50. The van der Waals surface area contributed by atoms with Crippen LogP contribution in [0.15, 0.2) is 36.3 Å². The van der Waals surface area contributed by atoms with Crippen LogP contribution in [-0.4, -0.2) is 30.3 Å². The maximum Gasteiger partial charge on any atom is 0.417 e. The summed E-state index contributed by atoms with van der Waals surface area (Å²) in [5.41, 5.74) is -1.58. The first-order valence-corrected chi connectivity index (χ1v) is 5.51. The lowest BCUT2D eigenvalue weighted by atomic mass is 10.1. The van der Waals surface area contributed by atoms with Gasteiger partial charge in [0.05, 0.1) is 23.9 Å². The van der Waals surface area contributed by atoms with Gasteiger partial charge in [0.25, 0.3) is 5.91 Å². The third kappa shape index (κ3) is 4.71. The van der Waals surface area contributed by atoms with Crippen molar-refractivity contribution in [1.82, 2.24) is 10.3 Å². The van der Waals surface area contributed by atoms with E-state index in [0.29, 0.717) is 0 Å². The van der Waals surface area contributed by atoms with Crippen LogP contribution in [0.4, 0.5) is 13.2 Å². The molecule has 1 aromatic rings. The Morgan fingerprint density at radius 2 is 2.30 bits per heavy atom. The average Bonchev–Trinajstić information content (AvgIpc) is 2.41. The highest BCUT2D eigenvalue weighted by Gasteiger charge is 2.35. The summed E-state index contributed by atoms with van der Waals surface area (Å²) in [7, 11) is 0. The lowest BCUT2D eigenvalue weighted by Gasteiger charge is -2.11. The molecule has 0 fully saturated rings. The molecule has 20 heavy (non-hydrogen) atoms. The van der Waals surface area contributed by atoms with Crippen molar-refractivity contribution < 1.29 is 22.8 Å².